The summed E-state index contributed by atoms with van der Waals surface area (Å²) in [5, 5.41) is 4.94. The van der Waals surface area contributed by atoms with Gasteiger partial charge in [0.1, 0.15) is 24.5 Å². The Morgan fingerprint density at radius 1 is 1.12 bits per heavy atom. The Kier molecular flexibility index (Phi) is 10.6. The molecule has 1 aliphatic carbocycles. The number of amides is 3. The molecular formula is C29H34F8N4O7S. The highest BCUT2D eigenvalue weighted by molar-refractivity contribution is 7.90. The molecule has 2 aliphatic heterocycles. The van der Waals surface area contributed by atoms with Crippen LogP contribution < -0.4 is 20.1 Å². The number of likely N-dealkylation sites (tertiary alicyclic amines) is 1. The van der Waals surface area contributed by atoms with Crippen molar-refractivity contribution in [2.45, 2.75) is 69.8 Å². The normalized spacial score (nSPS) is 25.2. The number of carbonyl (C=O) groups excluding carboxylic acids is 4. The van der Waals surface area contributed by atoms with Gasteiger partial charge < -0.3 is 20.3 Å². The molecule has 11 nitrogen and oxygen atoms in total. The van der Waals surface area contributed by atoms with E-state index in [1.807, 2.05) is 0 Å². The molecule has 7 atom stereocenters. The van der Waals surface area contributed by atoms with Crippen LogP contribution in [0.2, 0.25) is 0 Å². The van der Waals surface area contributed by atoms with E-state index >= 15 is 0 Å². The average molecular weight is 735 g/mol. The molecule has 49 heavy (non-hydrogen) atoms. The summed E-state index contributed by atoms with van der Waals surface area (Å²) < 4.78 is 139. The summed E-state index contributed by atoms with van der Waals surface area (Å²) >= 11 is 0. The molecular weight excluding hydrogens is 700 g/mol. The van der Waals surface area contributed by atoms with Crippen molar-refractivity contribution in [1.29, 1.82) is 0 Å². The minimum absolute atomic E-state index is 0.242. The van der Waals surface area contributed by atoms with Gasteiger partial charge in [0.2, 0.25) is 17.7 Å². The maximum Gasteiger partial charge on any atom is 0.511 e. The Morgan fingerprint density at radius 3 is 2.31 bits per heavy atom. The Balaban J connectivity index is 1.64. The van der Waals surface area contributed by atoms with Gasteiger partial charge in [0, 0.05) is 25.1 Å². The van der Waals surface area contributed by atoms with Crippen LogP contribution in [0.3, 0.4) is 0 Å². The van der Waals surface area contributed by atoms with E-state index in [-0.39, 0.29) is 19.4 Å². The molecule has 1 saturated carbocycles. The summed E-state index contributed by atoms with van der Waals surface area (Å²) in [6.07, 6.45) is -6.41. The van der Waals surface area contributed by atoms with Crippen molar-refractivity contribution in [1.82, 2.24) is 20.3 Å². The lowest BCUT2D eigenvalue weighted by atomic mass is 9.93. The second kappa shape index (κ2) is 13.6. The van der Waals surface area contributed by atoms with E-state index in [0.29, 0.717) is 11.0 Å². The Labute approximate surface area is 275 Å². The molecule has 4 rings (SSSR count). The van der Waals surface area contributed by atoms with Crippen LogP contribution in [0.1, 0.15) is 40.0 Å². The van der Waals surface area contributed by atoms with E-state index in [1.54, 1.807) is 13.8 Å². The zero-order valence-electron chi connectivity index (χ0n) is 26.3. The fourth-order valence-corrected chi connectivity index (χ4v) is 7.44. The van der Waals surface area contributed by atoms with Crippen LogP contribution in [0.5, 0.6) is 5.75 Å². The van der Waals surface area contributed by atoms with Crippen LogP contribution >= 0.6 is 0 Å². The molecule has 2 saturated heterocycles. The Hall–Kier alpha value is -3.55. The lowest BCUT2D eigenvalue weighted by molar-refractivity contribution is -0.187. The molecule has 3 amide bonds. The standard InChI is InChI=1S/C29H34F8N4O7S/c1-4-15(28(32,33)34)22(40-49(46,47)29(35,36)37)26(45)41-11-16-21(27(16,2)3)23(41)25(44)39-18(9-13-7-8-38-24(13)43)19(42)12-48-20-6-5-14(30)10-17(20)31/h5-6,10,13,15-16,18,21-23,40H,4,7-9,11-12H2,1-3H3,(H,38,43)(H,39,44)/t13-,15?,16-,18-,21-,22-,23-/m0/s1. The number of rotatable bonds is 13. The average Bonchev–Trinajstić information content (AvgIpc) is 3.30. The van der Waals surface area contributed by atoms with Gasteiger partial charge in [-0.25, -0.2) is 17.2 Å². The number of hydrogen-bond donors (Lipinski definition) is 3. The largest absolute Gasteiger partial charge is 0.511 e. The number of piperidine rings is 1. The fourth-order valence-electron chi connectivity index (χ4n) is 6.71. The molecule has 0 radical (unpaired) electrons. The quantitative estimate of drug-likeness (QED) is 0.264. The maximum absolute atomic E-state index is 14.1. The summed E-state index contributed by atoms with van der Waals surface area (Å²) in [6.45, 7) is 3.18. The Morgan fingerprint density at radius 2 is 1.78 bits per heavy atom. The SMILES string of the molecule is CCC([C@H](NS(=O)(=O)C(F)(F)F)C(=O)N1C[C@H]2[C@@H]([C@H]1C(=O)N[C@@H](C[C@@H]1CCNC1=O)C(=O)COc1ccc(F)cc1F)C2(C)C)C(F)(F)F. The monoisotopic (exact) mass is 734 g/mol. The molecule has 274 valence electrons. The van der Waals surface area contributed by atoms with E-state index < -0.39 is 129 Å². The van der Waals surface area contributed by atoms with Crippen molar-refractivity contribution in [3.63, 3.8) is 0 Å². The molecule has 0 bridgehead atoms. The molecule has 0 aromatic heterocycles. The number of benzene rings is 1. The number of halogens is 8. The molecule has 1 aromatic carbocycles. The van der Waals surface area contributed by atoms with Crippen LogP contribution in [0.25, 0.3) is 0 Å². The van der Waals surface area contributed by atoms with E-state index in [4.69, 9.17) is 4.74 Å². The van der Waals surface area contributed by atoms with Crippen LogP contribution in [0.15, 0.2) is 18.2 Å². The number of sulfonamides is 1. The van der Waals surface area contributed by atoms with Crippen molar-refractivity contribution in [2.24, 2.45) is 29.1 Å². The van der Waals surface area contributed by atoms with Crippen LogP contribution in [-0.4, -0.2) is 86.3 Å². The van der Waals surface area contributed by atoms with E-state index in [1.165, 1.54) is 0 Å². The first-order valence-corrected chi connectivity index (χ1v) is 16.6. The van der Waals surface area contributed by atoms with Gasteiger partial charge in [0.25, 0.3) is 0 Å². The zero-order valence-corrected chi connectivity index (χ0v) is 27.1. The topological polar surface area (TPSA) is 151 Å². The summed E-state index contributed by atoms with van der Waals surface area (Å²) in [5.41, 5.74) is -6.76. The van der Waals surface area contributed by atoms with Gasteiger partial charge in [-0.15, -0.1) is 0 Å². The third kappa shape index (κ3) is 7.94. The number of Topliss-reactive ketones (excluding diaryl/α,β-unsaturated/α-hetero) is 1. The fraction of sp³-hybridized carbons (Fsp3) is 0.655. The second-order valence-electron chi connectivity index (χ2n) is 12.9. The van der Waals surface area contributed by atoms with Crippen molar-refractivity contribution < 1.29 is 67.5 Å². The number of hydrogen-bond acceptors (Lipinski definition) is 7. The van der Waals surface area contributed by atoms with Crippen molar-refractivity contribution in [3.8, 4) is 5.75 Å². The van der Waals surface area contributed by atoms with Gasteiger partial charge in [-0.3, -0.25) is 19.2 Å². The van der Waals surface area contributed by atoms with Gasteiger partial charge in [0.05, 0.1) is 12.0 Å². The molecule has 20 heteroatoms. The lowest BCUT2D eigenvalue weighted by Crippen LogP contribution is -2.61. The number of nitrogens with one attached hydrogen (secondary N) is 3. The maximum atomic E-state index is 14.1. The van der Waals surface area contributed by atoms with Gasteiger partial charge in [-0.1, -0.05) is 20.8 Å². The molecule has 0 spiro atoms. The van der Waals surface area contributed by atoms with Crippen molar-refractivity contribution >= 4 is 33.5 Å². The minimum Gasteiger partial charge on any atom is -0.483 e. The first kappa shape index (κ1) is 38.3. The third-order valence-electron chi connectivity index (χ3n) is 9.53. The number of carbonyl (C=O) groups is 4. The van der Waals surface area contributed by atoms with Crippen molar-refractivity contribution in [3.05, 3.63) is 29.8 Å². The zero-order chi connectivity index (χ0) is 36.9. The first-order chi connectivity index (χ1) is 22.5. The highest BCUT2D eigenvalue weighted by atomic mass is 32.2. The first-order valence-electron chi connectivity index (χ1n) is 15.2. The molecule has 3 N–H and O–H groups in total. The van der Waals surface area contributed by atoms with E-state index in [9.17, 15) is 62.7 Å². The van der Waals surface area contributed by atoms with Gasteiger partial charge in [-0.05, 0) is 48.6 Å². The van der Waals surface area contributed by atoms with Gasteiger partial charge >= 0.3 is 21.7 Å². The number of alkyl halides is 6. The van der Waals surface area contributed by atoms with Crippen LogP contribution in [-0.2, 0) is 29.2 Å². The lowest BCUT2D eigenvalue weighted by Gasteiger charge is -2.36. The molecule has 1 unspecified atom stereocenters. The number of ether oxygens (including phenoxy) is 1. The molecule has 3 fully saturated rings. The summed E-state index contributed by atoms with van der Waals surface area (Å²) in [7, 11) is -6.48. The predicted octanol–water partition coefficient (Wildman–Crippen LogP) is 2.80. The van der Waals surface area contributed by atoms with Gasteiger partial charge in [0.15, 0.2) is 17.3 Å². The minimum atomic E-state index is -6.48. The summed E-state index contributed by atoms with van der Waals surface area (Å²) in [6, 6.07) is -3.94. The highest BCUT2D eigenvalue weighted by Gasteiger charge is 2.70. The predicted molar refractivity (Wildman–Crippen MR) is 153 cm³/mol. The van der Waals surface area contributed by atoms with Crippen LogP contribution in [0, 0.1) is 40.7 Å². The number of fused-ring (bicyclic) bond motifs is 1. The van der Waals surface area contributed by atoms with Crippen LogP contribution in [0.4, 0.5) is 35.1 Å². The van der Waals surface area contributed by atoms with E-state index in [2.05, 4.69) is 10.6 Å². The molecule has 1 aromatic rings. The van der Waals surface area contributed by atoms with Crippen molar-refractivity contribution in [2.75, 3.05) is 19.7 Å². The molecule has 3 aliphatic rings. The number of nitrogens with zero attached hydrogens (tertiary/aromatic N) is 1. The van der Waals surface area contributed by atoms with Gasteiger partial charge in [-0.2, -0.15) is 31.1 Å². The summed E-state index contributed by atoms with van der Waals surface area (Å²) in [4.78, 5) is 53.8. The third-order valence-corrected chi connectivity index (χ3v) is 10.7. The Bertz CT molecular complexity index is 1590. The molecule has 2 heterocycles. The smallest absolute Gasteiger partial charge is 0.483 e. The van der Waals surface area contributed by atoms with E-state index in [0.717, 1.165) is 23.8 Å². The number of ketones is 1. The summed E-state index contributed by atoms with van der Waals surface area (Å²) in [5.74, 6) is -11.8. The second-order valence-corrected chi connectivity index (χ2v) is 14.6. The highest BCUT2D eigenvalue weighted by Crippen LogP contribution is 2.65.